The van der Waals surface area contributed by atoms with Crippen molar-refractivity contribution in [3.05, 3.63) is 96.7 Å². The normalized spacial score (nSPS) is 11.1. The number of benzene rings is 3. The van der Waals surface area contributed by atoms with Crippen molar-refractivity contribution in [2.75, 3.05) is 0 Å². The molecule has 2 heterocycles. The molecule has 0 amide bonds. The molecule has 0 unspecified atom stereocenters. The minimum Gasteiger partial charge on any atom is -0.292 e. The highest BCUT2D eigenvalue weighted by atomic mass is 16.1. The van der Waals surface area contributed by atoms with E-state index in [1.165, 1.54) is 0 Å². The van der Waals surface area contributed by atoms with E-state index in [0.717, 1.165) is 33.1 Å². The standard InChI is InChI=1S/C24H17N3O/c28-22(17-9-3-1-4-10-17)16-27-24-19-13-7-8-14-21(19)25-15-20(24)23(26-27)18-11-5-2-6-12-18/h1-15H,16H2. The number of Topliss-reactive ketones (excluding diaryl/α,β-unsaturated/α-hetero) is 1. The van der Waals surface area contributed by atoms with E-state index in [-0.39, 0.29) is 12.3 Å². The zero-order valence-corrected chi connectivity index (χ0v) is 15.1. The molecule has 0 saturated carbocycles. The lowest BCUT2D eigenvalue weighted by Gasteiger charge is -2.05. The summed E-state index contributed by atoms with van der Waals surface area (Å²) in [5.41, 5.74) is 4.37. The van der Waals surface area contributed by atoms with Crippen molar-refractivity contribution in [3.63, 3.8) is 0 Å². The number of carbonyl (C=O) groups excluding carboxylic acids is 1. The summed E-state index contributed by atoms with van der Waals surface area (Å²) in [6, 6.07) is 27.3. The Morgan fingerprint density at radius 1 is 0.786 bits per heavy atom. The van der Waals surface area contributed by atoms with E-state index in [4.69, 9.17) is 5.10 Å². The lowest BCUT2D eigenvalue weighted by Crippen LogP contribution is -2.11. The van der Waals surface area contributed by atoms with Gasteiger partial charge in [-0.1, -0.05) is 78.9 Å². The summed E-state index contributed by atoms with van der Waals surface area (Å²) in [4.78, 5) is 17.5. The minimum atomic E-state index is 0.0329. The van der Waals surface area contributed by atoms with Gasteiger partial charge in [-0.15, -0.1) is 0 Å². The highest BCUT2D eigenvalue weighted by molar-refractivity contribution is 6.08. The first kappa shape index (κ1) is 16.4. The molecule has 0 atom stereocenters. The minimum absolute atomic E-state index is 0.0329. The molecule has 4 nitrogen and oxygen atoms in total. The van der Waals surface area contributed by atoms with Gasteiger partial charge in [0.25, 0.3) is 0 Å². The van der Waals surface area contributed by atoms with E-state index in [2.05, 4.69) is 4.98 Å². The van der Waals surface area contributed by atoms with Crippen molar-refractivity contribution in [1.82, 2.24) is 14.8 Å². The molecule has 0 fully saturated rings. The number of hydrogen-bond acceptors (Lipinski definition) is 3. The van der Waals surface area contributed by atoms with Gasteiger partial charge in [0.15, 0.2) is 5.78 Å². The fourth-order valence-electron chi connectivity index (χ4n) is 3.58. The summed E-state index contributed by atoms with van der Waals surface area (Å²) in [7, 11) is 0. The maximum absolute atomic E-state index is 12.9. The number of hydrogen-bond donors (Lipinski definition) is 0. The molecule has 0 saturated heterocycles. The fourth-order valence-corrected chi connectivity index (χ4v) is 3.58. The molecule has 0 aliphatic carbocycles. The van der Waals surface area contributed by atoms with Crippen LogP contribution in [0.1, 0.15) is 10.4 Å². The topological polar surface area (TPSA) is 47.8 Å². The predicted molar refractivity (Wildman–Crippen MR) is 111 cm³/mol. The molecular formula is C24H17N3O. The molecule has 0 spiro atoms. The SMILES string of the molecule is O=C(Cn1nc(-c2ccccc2)c2cnc3ccccc3c21)c1ccccc1. The molecule has 4 heteroatoms. The second kappa shape index (κ2) is 6.74. The molecule has 134 valence electrons. The van der Waals surface area contributed by atoms with Gasteiger partial charge in [-0.2, -0.15) is 5.10 Å². The number of carbonyl (C=O) groups is 1. The van der Waals surface area contributed by atoms with E-state index in [9.17, 15) is 4.79 Å². The van der Waals surface area contributed by atoms with Crippen LogP contribution < -0.4 is 0 Å². The van der Waals surface area contributed by atoms with Gasteiger partial charge < -0.3 is 0 Å². The lowest BCUT2D eigenvalue weighted by molar-refractivity contribution is 0.0969. The number of pyridine rings is 1. The molecular weight excluding hydrogens is 346 g/mol. The van der Waals surface area contributed by atoms with Crippen LogP contribution in [0.4, 0.5) is 0 Å². The van der Waals surface area contributed by atoms with E-state index in [1.807, 2.05) is 95.8 Å². The van der Waals surface area contributed by atoms with Crippen LogP contribution in [0.25, 0.3) is 33.1 Å². The van der Waals surface area contributed by atoms with E-state index in [1.54, 1.807) is 0 Å². The van der Waals surface area contributed by atoms with Crippen LogP contribution in [0.3, 0.4) is 0 Å². The highest BCUT2D eigenvalue weighted by Gasteiger charge is 2.18. The van der Waals surface area contributed by atoms with Crippen molar-refractivity contribution in [3.8, 4) is 11.3 Å². The zero-order valence-electron chi connectivity index (χ0n) is 15.1. The zero-order chi connectivity index (χ0) is 18.9. The first-order valence-corrected chi connectivity index (χ1v) is 9.19. The summed E-state index contributed by atoms with van der Waals surface area (Å²) < 4.78 is 1.82. The van der Waals surface area contributed by atoms with E-state index >= 15 is 0 Å². The number of rotatable bonds is 4. The Morgan fingerprint density at radius 2 is 1.46 bits per heavy atom. The van der Waals surface area contributed by atoms with Gasteiger partial charge in [0, 0.05) is 28.1 Å². The molecule has 0 radical (unpaired) electrons. The van der Waals surface area contributed by atoms with E-state index in [0.29, 0.717) is 5.56 Å². The average molecular weight is 363 g/mol. The molecule has 0 aliphatic rings. The van der Waals surface area contributed by atoms with Gasteiger partial charge in [-0.05, 0) is 6.07 Å². The lowest BCUT2D eigenvalue weighted by atomic mass is 10.1. The molecule has 3 aromatic carbocycles. The Labute approximate surface area is 162 Å². The maximum Gasteiger partial charge on any atom is 0.184 e. The highest BCUT2D eigenvalue weighted by Crippen LogP contribution is 2.31. The molecule has 0 aliphatic heterocycles. The molecule has 5 aromatic rings. The smallest absolute Gasteiger partial charge is 0.184 e. The summed E-state index contributed by atoms with van der Waals surface area (Å²) in [6.45, 7) is 0.182. The Bertz CT molecular complexity index is 1290. The first-order valence-electron chi connectivity index (χ1n) is 9.19. The third kappa shape index (κ3) is 2.76. The van der Waals surface area contributed by atoms with Crippen LogP contribution in [0, 0.1) is 0 Å². The van der Waals surface area contributed by atoms with Crippen LogP contribution in [-0.2, 0) is 6.54 Å². The summed E-state index contributed by atoms with van der Waals surface area (Å²) in [5, 5.41) is 6.78. The van der Waals surface area contributed by atoms with Crippen molar-refractivity contribution in [1.29, 1.82) is 0 Å². The average Bonchev–Trinajstić information content (AvgIpc) is 3.14. The van der Waals surface area contributed by atoms with Crippen molar-refractivity contribution < 1.29 is 4.79 Å². The predicted octanol–water partition coefficient (Wildman–Crippen LogP) is 5.13. The van der Waals surface area contributed by atoms with Crippen molar-refractivity contribution in [2.45, 2.75) is 6.54 Å². The molecule has 2 aromatic heterocycles. The van der Waals surface area contributed by atoms with Gasteiger partial charge in [-0.25, -0.2) is 0 Å². The molecule has 0 N–H and O–H groups in total. The number of aromatic nitrogens is 3. The van der Waals surface area contributed by atoms with Gasteiger partial charge in [-0.3, -0.25) is 14.5 Å². The number of ketones is 1. The Hall–Kier alpha value is -3.79. The fraction of sp³-hybridized carbons (Fsp3) is 0.0417. The first-order chi connectivity index (χ1) is 13.8. The third-order valence-corrected chi connectivity index (χ3v) is 4.92. The molecule has 0 bridgehead atoms. The van der Waals surface area contributed by atoms with Crippen LogP contribution in [0.2, 0.25) is 0 Å². The van der Waals surface area contributed by atoms with Crippen LogP contribution in [0.5, 0.6) is 0 Å². The van der Waals surface area contributed by atoms with Gasteiger partial charge in [0.05, 0.1) is 11.0 Å². The number of para-hydroxylation sites is 1. The molecule has 5 rings (SSSR count). The molecule has 28 heavy (non-hydrogen) atoms. The number of fused-ring (bicyclic) bond motifs is 3. The summed E-state index contributed by atoms with van der Waals surface area (Å²) in [6.07, 6.45) is 1.86. The van der Waals surface area contributed by atoms with Crippen molar-refractivity contribution in [2.24, 2.45) is 0 Å². The Balaban J connectivity index is 1.73. The van der Waals surface area contributed by atoms with Gasteiger partial charge in [0.2, 0.25) is 0 Å². The van der Waals surface area contributed by atoms with Crippen LogP contribution >= 0.6 is 0 Å². The third-order valence-electron chi connectivity index (χ3n) is 4.92. The van der Waals surface area contributed by atoms with Crippen LogP contribution in [0.15, 0.2) is 91.1 Å². The quantitative estimate of drug-likeness (QED) is 0.416. The monoisotopic (exact) mass is 363 g/mol. The van der Waals surface area contributed by atoms with Crippen molar-refractivity contribution >= 4 is 27.6 Å². The Kier molecular flexibility index (Phi) is 3.95. The largest absolute Gasteiger partial charge is 0.292 e. The maximum atomic E-state index is 12.9. The Morgan fingerprint density at radius 3 is 2.25 bits per heavy atom. The van der Waals surface area contributed by atoms with Gasteiger partial charge >= 0.3 is 0 Å². The second-order valence-corrected chi connectivity index (χ2v) is 6.70. The van der Waals surface area contributed by atoms with Gasteiger partial charge in [0.1, 0.15) is 12.2 Å². The summed E-state index contributed by atoms with van der Waals surface area (Å²) in [5.74, 6) is 0.0329. The van der Waals surface area contributed by atoms with E-state index < -0.39 is 0 Å². The summed E-state index contributed by atoms with van der Waals surface area (Å²) >= 11 is 0. The van der Waals surface area contributed by atoms with Crippen LogP contribution in [-0.4, -0.2) is 20.5 Å². The number of nitrogens with zero attached hydrogens (tertiary/aromatic N) is 3. The second-order valence-electron chi connectivity index (χ2n) is 6.70.